The SMILES string of the molecule is COCCCN1CCNC(C)(c2ccccc2)C1. The third-order valence-corrected chi connectivity index (χ3v) is 3.72. The molecule has 1 aromatic carbocycles. The van der Waals surface area contributed by atoms with E-state index in [4.69, 9.17) is 4.74 Å². The van der Waals surface area contributed by atoms with Crippen molar-refractivity contribution in [2.75, 3.05) is 39.9 Å². The summed E-state index contributed by atoms with van der Waals surface area (Å²) in [4.78, 5) is 2.53. The Labute approximate surface area is 110 Å². The fourth-order valence-corrected chi connectivity index (χ4v) is 2.69. The van der Waals surface area contributed by atoms with Crippen LogP contribution < -0.4 is 5.32 Å². The molecule has 100 valence electrons. The van der Waals surface area contributed by atoms with E-state index in [0.29, 0.717) is 0 Å². The van der Waals surface area contributed by atoms with Crippen LogP contribution in [0.3, 0.4) is 0 Å². The maximum atomic E-state index is 5.13. The van der Waals surface area contributed by atoms with E-state index < -0.39 is 0 Å². The summed E-state index contributed by atoms with van der Waals surface area (Å²) in [6, 6.07) is 10.7. The standard InChI is InChI=1S/C15H24N2O/c1-15(14-7-4-3-5-8-14)13-17(11-9-16-15)10-6-12-18-2/h3-5,7-8,16H,6,9-13H2,1-2H3. The Kier molecular flexibility index (Phi) is 4.75. The summed E-state index contributed by atoms with van der Waals surface area (Å²) >= 11 is 0. The van der Waals surface area contributed by atoms with E-state index >= 15 is 0 Å². The van der Waals surface area contributed by atoms with Gasteiger partial charge in [0, 0.05) is 39.9 Å². The zero-order valence-corrected chi connectivity index (χ0v) is 11.5. The Balaban J connectivity index is 1.97. The molecular formula is C15H24N2O. The van der Waals surface area contributed by atoms with Crippen LogP contribution in [0.5, 0.6) is 0 Å². The monoisotopic (exact) mass is 248 g/mol. The van der Waals surface area contributed by atoms with Crippen molar-refractivity contribution >= 4 is 0 Å². The van der Waals surface area contributed by atoms with Gasteiger partial charge in [-0.1, -0.05) is 30.3 Å². The summed E-state index contributed by atoms with van der Waals surface area (Å²) in [5.74, 6) is 0. The first-order valence-corrected chi connectivity index (χ1v) is 6.76. The third kappa shape index (κ3) is 3.31. The van der Waals surface area contributed by atoms with Gasteiger partial charge in [0.2, 0.25) is 0 Å². The quantitative estimate of drug-likeness (QED) is 0.805. The molecule has 1 atom stereocenters. The van der Waals surface area contributed by atoms with E-state index in [1.807, 2.05) is 0 Å². The van der Waals surface area contributed by atoms with Crippen molar-refractivity contribution in [3.63, 3.8) is 0 Å². The van der Waals surface area contributed by atoms with Crippen LogP contribution in [0.1, 0.15) is 18.9 Å². The smallest absolute Gasteiger partial charge is 0.0535 e. The van der Waals surface area contributed by atoms with Crippen LogP contribution in [-0.4, -0.2) is 44.8 Å². The van der Waals surface area contributed by atoms with Gasteiger partial charge in [0.1, 0.15) is 0 Å². The highest BCUT2D eigenvalue weighted by Crippen LogP contribution is 2.24. The van der Waals surface area contributed by atoms with Crippen LogP contribution in [0.4, 0.5) is 0 Å². The summed E-state index contributed by atoms with van der Waals surface area (Å²) in [6.45, 7) is 7.53. The summed E-state index contributed by atoms with van der Waals surface area (Å²) < 4.78 is 5.13. The van der Waals surface area contributed by atoms with Gasteiger partial charge in [-0.2, -0.15) is 0 Å². The average Bonchev–Trinajstić information content (AvgIpc) is 2.40. The first-order chi connectivity index (χ1) is 8.74. The number of rotatable bonds is 5. The number of piperazine rings is 1. The first-order valence-electron chi connectivity index (χ1n) is 6.76. The summed E-state index contributed by atoms with van der Waals surface area (Å²) in [5.41, 5.74) is 1.45. The predicted octanol–water partition coefficient (Wildman–Crippen LogP) is 1.84. The fraction of sp³-hybridized carbons (Fsp3) is 0.600. The number of benzene rings is 1. The van der Waals surface area contributed by atoms with E-state index in [9.17, 15) is 0 Å². The molecule has 1 aliphatic heterocycles. The maximum Gasteiger partial charge on any atom is 0.0535 e. The molecule has 1 fully saturated rings. The van der Waals surface area contributed by atoms with Crippen molar-refractivity contribution in [3.05, 3.63) is 35.9 Å². The van der Waals surface area contributed by atoms with E-state index in [1.54, 1.807) is 7.11 Å². The lowest BCUT2D eigenvalue weighted by Gasteiger charge is -2.42. The summed E-state index contributed by atoms with van der Waals surface area (Å²) in [6.07, 6.45) is 1.11. The number of hydrogen-bond donors (Lipinski definition) is 1. The van der Waals surface area contributed by atoms with Crippen molar-refractivity contribution in [1.82, 2.24) is 10.2 Å². The minimum Gasteiger partial charge on any atom is -0.385 e. The molecule has 2 rings (SSSR count). The zero-order chi connectivity index (χ0) is 12.8. The van der Waals surface area contributed by atoms with Crippen LogP contribution in [0.15, 0.2) is 30.3 Å². The van der Waals surface area contributed by atoms with Crippen LogP contribution >= 0.6 is 0 Å². The fourth-order valence-electron chi connectivity index (χ4n) is 2.69. The molecule has 1 aliphatic rings. The van der Waals surface area contributed by atoms with Gasteiger partial charge < -0.3 is 10.1 Å². The Hall–Kier alpha value is -0.900. The van der Waals surface area contributed by atoms with E-state index in [2.05, 4.69) is 47.5 Å². The van der Waals surface area contributed by atoms with Gasteiger partial charge in [-0.05, 0) is 18.9 Å². The predicted molar refractivity (Wildman–Crippen MR) is 74.7 cm³/mol. The molecule has 0 aliphatic carbocycles. The van der Waals surface area contributed by atoms with Gasteiger partial charge >= 0.3 is 0 Å². The Morgan fingerprint density at radius 1 is 1.33 bits per heavy atom. The zero-order valence-electron chi connectivity index (χ0n) is 11.5. The second-order valence-corrected chi connectivity index (χ2v) is 5.25. The molecule has 0 spiro atoms. The number of hydrogen-bond acceptors (Lipinski definition) is 3. The van der Waals surface area contributed by atoms with E-state index in [0.717, 1.165) is 39.2 Å². The topological polar surface area (TPSA) is 24.5 Å². The lowest BCUT2D eigenvalue weighted by atomic mass is 9.89. The second kappa shape index (κ2) is 6.32. The van der Waals surface area contributed by atoms with Crippen molar-refractivity contribution in [2.24, 2.45) is 0 Å². The van der Waals surface area contributed by atoms with Gasteiger partial charge in [-0.15, -0.1) is 0 Å². The minimum atomic E-state index is 0.0760. The van der Waals surface area contributed by atoms with Crippen molar-refractivity contribution in [2.45, 2.75) is 18.9 Å². The van der Waals surface area contributed by atoms with Gasteiger partial charge in [0.05, 0.1) is 5.54 Å². The van der Waals surface area contributed by atoms with Crippen molar-refractivity contribution in [1.29, 1.82) is 0 Å². The first kappa shape index (κ1) is 13.5. The number of nitrogens with one attached hydrogen (secondary N) is 1. The van der Waals surface area contributed by atoms with E-state index in [-0.39, 0.29) is 5.54 Å². The highest BCUT2D eigenvalue weighted by molar-refractivity contribution is 5.24. The molecule has 1 saturated heterocycles. The van der Waals surface area contributed by atoms with Crippen molar-refractivity contribution < 1.29 is 4.74 Å². The molecular weight excluding hydrogens is 224 g/mol. The van der Waals surface area contributed by atoms with E-state index in [1.165, 1.54) is 5.56 Å². The molecule has 1 unspecified atom stereocenters. The van der Waals surface area contributed by atoms with Gasteiger partial charge in [-0.3, -0.25) is 4.90 Å². The Bertz CT molecular complexity index is 355. The highest BCUT2D eigenvalue weighted by Gasteiger charge is 2.31. The molecule has 3 nitrogen and oxygen atoms in total. The number of ether oxygens (including phenoxy) is 1. The summed E-state index contributed by atoms with van der Waals surface area (Å²) in [5, 5.41) is 3.66. The molecule has 0 amide bonds. The molecule has 0 aromatic heterocycles. The largest absolute Gasteiger partial charge is 0.385 e. The molecule has 1 N–H and O–H groups in total. The molecule has 0 bridgehead atoms. The van der Waals surface area contributed by atoms with Crippen LogP contribution in [-0.2, 0) is 10.3 Å². The molecule has 18 heavy (non-hydrogen) atoms. The molecule has 0 saturated carbocycles. The van der Waals surface area contributed by atoms with Crippen LogP contribution in [0, 0.1) is 0 Å². The number of nitrogens with zero attached hydrogens (tertiary/aromatic N) is 1. The normalized spacial score (nSPS) is 25.2. The van der Waals surface area contributed by atoms with Crippen LogP contribution in [0.2, 0.25) is 0 Å². The molecule has 1 heterocycles. The Morgan fingerprint density at radius 2 is 2.11 bits per heavy atom. The second-order valence-electron chi connectivity index (χ2n) is 5.25. The van der Waals surface area contributed by atoms with Gasteiger partial charge in [-0.25, -0.2) is 0 Å². The molecule has 1 aromatic rings. The minimum absolute atomic E-state index is 0.0760. The molecule has 0 radical (unpaired) electrons. The lowest BCUT2D eigenvalue weighted by Crippen LogP contribution is -2.56. The van der Waals surface area contributed by atoms with Crippen molar-refractivity contribution in [3.8, 4) is 0 Å². The van der Waals surface area contributed by atoms with Gasteiger partial charge in [0.25, 0.3) is 0 Å². The average molecular weight is 248 g/mol. The summed E-state index contributed by atoms with van der Waals surface area (Å²) in [7, 11) is 1.77. The third-order valence-electron chi connectivity index (χ3n) is 3.72. The Morgan fingerprint density at radius 3 is 2.83 bits per heavy atom. The highest BCUT2D eigenvalue weighted by atomic mass is 16.5. The maximum absolute atomic E-state index is 5.13. The lowest BCUT2D eigenvalue weighted by molar-refractivity contribution is 0.122. The molecule has 3 heteroatoms. The van der Waals surface area contributed by atoms with Gasteiger partial charge in [0.15, 0.2) is 0 Å². The number of methoxy groups -OCH3 is 1. The van der Waals surface area contributed by atoms with Crippen LogP contribution in [0.25, 0.3) is 0 Å².